The zero-order valence-corrected chi connectivity index (χ0v) is 14.8. The fraction of sp³-hybridized carbons (Fsp3) is 0.636. The van der Waals surface area contributed by atoms with Crippen LogP contribution in [0.25, 0.3) is 0 Å². The van der Waals surface area contributed by atoms with Crippen LogP contribution in [-0.4, -0.2) is 58.0 Å². The molecule has 0 saturated carbocycles. The average Bonchev–Trinajstić information content (AvgIpc) is 2.45. The van der Waals surface area contributed by atoms with Crippen molar-refractivity contribution in [2.45, 2.75) is 23.0 Å². The third kappa shape index (κ3) is 4.53. The van der Waals surface area contributed by atoms with Crippen molar-refractivity contribution >= 4 is 70.3 Å². The number of methoxy groups -OCH3 is 1. The summed E-state index contributed by atoms with van der Waals surface area (Å²) in [6.07, 6.45) is -2.35. The van der Waals surface area contributed by atoms with Gasteiger partial charge in [0.25, 0.3) is 4.52 Å². The molecule has 8 nitrogen and oxygen atoms in total. The Morgan fingerprint density at radius 1 is 1.35 bits per heavy atom. The smallest absolute Gasteiger partial charge is 0.462 e. The van der Waals surface area contributed by atoms with Crippen molar-refractivity contribution in [1.29, 1.82) is 0 Å². The summed E-state index contributed by atoms with van der Waals surface area (Å²) in [6, 6.07) is 0. The van der Waals surface area contributed by atoms with E-state index < -0.39 is 51.9 Å². The summed E-state index contributed by atoms with van der Waals surface area (Å²) in [5.74, 6) is -4.74. The van der Waals surface area contributed by atoms with Gasteiger partial charge in [0.15, 0.2) is 0 Å². The van der Waals surface area contributed by atoms with Crippen LogP contribution in [0.4, 0.5) is 4.79 Å². The van der Waals surface area contributed by atoms with Gasteiger partial charge in [0.1, 0.15) is 17.5 Å². The van der Waals surface area contributed by atoms with Gasteiger partial charge in [0.05, 0.1) is 13.0 Å². The summed E-state index contributed by atoms with van der Waals surface area (Å²) in [5.41, 5.74) is -1.19. The molecule has 130 valence electrons. The fourth-order valence-corrected chi connectivity index (χ4v) is 2.38. The van der Waals surface area contributed by atoms with Crippen LogP contribution in [0, 0.1) is 5.92 Å². The van der Waals surface area contributed by atoms with Crippen LogP contribution < -0.4 is 0 Å². The summed E-state index contributed by atoms with van der Waals surface area (Å²) in [6.45, 7) is 1.34. The zero-order chi connectivity index (χ0) is 17.9. The van der Waals surface area contributed by atoms with E-state index in [1.807, 2.05) is 0 Å². The zero-order valence-electron chi connectivity index (χ0n) is 11.8. The van der Waals surface area contributed by atoms with Crippen LogP contribution >= 0.6 is 46.4 Å². The Morgan fingerprint density at radius 2 is 1.91 bits per heavy atom. The van der Waals surface area contributed by atoms with E-state index in [2.05, 4.69) is 9.47 Å². The number of carbonyl (C=O) groups excluding carboxylic acids is 4. The Labute approximate surface area is 150 Å². The molecule has 0 bridgehead atoms. The lowest BCUT2D eigenvalue weighted by Gasteiger charge is -2.43. The van der Waals surface area contributed by atoms with Gasteiger partial charge in [-0.3, -0.25) is 14.5 Å². The Kier molecular flexibility index (Phi) is 6.76. The summed E-state index contributed by atoms with van der Waals surface area (Å²) < 4.78 is 11.5. The number of hydrogen-bond acceptors (Lipinski definition) is 7. The summed E-state index contributed by atoms with van der Waals surface area (Å²) in [5, 5.41) is 0. The van der Waals surface area contributed by atoms with E-state index in [0.29, 0.717) is 4.90 Å². The molecule has 3 atom stereocenters. The number of carbonyl (C=O) groups is 4. The molecule has 1 saturated heterocycles. The molecular formula is C11H11Cl4NO7. The molecule has 0 aliphatic carbocycles. The molecule has 12 heteroatoms. The molecule has 0 radical (unpaired) electrons. The van der Waals surface area contributed by atoms with Gasteiger partial charge >= 0.3 is 18.0 Å². The van der Waals surface area contributed by atoms with Gasteiger partial charge in [-0.05, 0) is 6.92 Å². The highest BCUT2D eigenvalue weighted by Gasteiger charge is 2.55. The monoisotopic (exact) mass is 409 g/mol. The minimum Gasteiger partial charge on any atom is -0.462 e. The molecule has 1 aliphatic heterocycles. The van der Waals surface area contributed by atoms with Crippen molar-refractivity contribution in [3.8, 4) is 0 Å². The second-order valence-electron chi connectivity index (χ2n) is 4.35. The highest BCUT2D eigenvalue weighted by molar-refractivity contribution is 6.50. The molecule has 0 aromatic rings. The SMILES string of the molecule is COC(=O)C(=O)N1C(=O)C(C(C)OC(=O)OC(Cl)(Cl)CCl)C1Cl. The Bertz CT molecular complexity index is 527. The van der Waals surface area contributed by atoms with Crippen molar-refractivity contribution in [1.82, 2.24) is 4.90 Å². The molecule has 1 fully saturated rings. The van der Waals surface area contributed by atoms with E-state index >= 15 is 0 Å². The quantitative estimate of drug-likeness (QED) is 0.228. The van der Waals surface area contributed by atoms with E-state index in [0.717, 1.165) is 7.11 Å². The molecule has 1 aliphatic rings. The van der Waals surface area contributed by atoms with E-state index in [-0.39, 0.29) is 0 Å². The second-order valence-corrected chi connectivity index (χ2v) is 6.48. The van der Waals surface area contributed by atoms with Crippen LogP contribution in [0.3, 0.4) is 0 Å². The van der Waals surface area contributed by atoms with Gasteiger partial charge in [-0.2, -0.15) is 0 Å². The molecule has 1 heterocycles. The number of halogens is 4. The van der Waals surface area contributed by atoms with Crippen LogP contribution in [0.1, 0.15) is 6.92 Å². The number of hydrogen-bond donors (Lipinski definition) is 0. The number of esters is 1. The molecule has 0 aromatic carbocycles. The first-order chi connectivity index (χ1) is 10.6. The van der Waals surface area contributed by atoms with Gasteiger partial charge in [-0.15, -0.1) is 11.6 Å². The number of β-lactam (4-membered cyclic amide) rings is 1. The van der Waals surface area contributed by atoms with Gasteiger partial charge in [0, 0.05) is 0 Å². The molecular weight excluding hydrogens is 400 g/mol. The maximum atomic E-state index is 11.9. The van der Waals surface area contributed by atoms with E-state index in [4.69, 9.17) is 51.1 Å². The lowest BCUT2D eigenvalue weighted by molar-refractivity contribution is -0.175. The standard InChI is InChI=1S/C11H11Cl4NO7/c1-4(22-10(20)23-11(14,15)3-12)5-6(13)16(7(5)17)8(18)9(19)21-2/h4-6H,3H2,1-2H3. The maximum absolute atomic E-state index is 11.9. The van der Waals surface area contributed by atoms with Gasteiger partial charge in [-0.25, -0.2) is 9.59 Å². The topological polar surface area (TPSA) is 99.2 Å². The van der Waals surface area contributed by atoms with Gasteiger partial charge in [0.2, 0.25) is 5.91 Å². The van der Waals surface area contributed by atoms with Crippen LogP contribution in [0.2, 0.25) is 0 Å². The first-order valence-corrected chi connectivity index (χ1v) is 7.71. The lowest BCUT2D eigenvalue weighted by atomic mass is 9.92. The van der Waals surface area contributed by atoms with E-state index in [1.54, 1.807) is 0 Å². The summed E-state index contributed by atoms with van der Waals surface area (Å²) >= 11 is 22.3. The average molecular weight is 411 g/mol. The number of nitrogens with zero attached hydrogens (tertiary/aromatic N) is 1. The van der Waals surface area contributed by atoms with Crippen molar-refractivity contribution in [2.24, 2.45) is 5.92 Å². The first-order valence-electron chi connectivity index (χ1n) is 5.98. The van der Waals surface area contributed by atoms with E-state index in [9.17, 15) is 19.2 Å². The van der Waals surface area contributed by atoms with Crippen molar-refractivity contribution in [2.75, 3.05) is 13.0 Å². The number of amides is 2. The highest BCUT2D eigenvalue weighted by atomic mass is 35.5. The van der Waals surface area contributed by atoms with Gasteiger partial charge < -0.3 is 14.2 Å². The lowest BCUT2D eigenvalue weighted by Crippen LogP contribution is -2.65. The predicted molar refractivity (Wildman–Crippen MR) is 79.2 cm³/mol. The van der Waals surface area contributed by atoms with Crippen molar-refractivity contribution < 1.29 is 33.4 Å². The van der Waals surface area contributed by atoms with Crippen LogP contribution in [0.5, 0.6) is 0 Å². The number of likely N-dealkylation sites (tertiary alicyclic amines) is 1. The van der Waals surface area contributed by atoms with Crippen LogP contribution in [0.15, 0.2) is 0 Å². The molecule has 0 aromatic heterocycles. The van der Waals surface area contributed by atoms with Crippen molar-refractivity contribution in [3.63, 3.8) is 0 Å². The molecule has 1 rings (SSSR count). The first kappa shape index (κ1) is 20.1. The Balaban J connectivity index is 2.64. The minimum atomic E-state index is -1.99. The van der Waals surface area contributed by atoms with E-state index in [1.165, 1.54) is 6.92 Å². The molecule has 0 spiro atoms. The number of ether oxygens (including phenoxy) is 3. The minimum absolute atomic E-state index is 0.415. The predicted octanol–water partition coefficient (Wildman–Crippen LogP) is 1.62. The number of imide groups is 1. The third-order valence-corrected chi connectivity index (χ3v) is 4.36. The fourth-order valence-electron chi connectivity index (χ4n) is 1.70. The molecule has 2 amide bonds. The third-order valence-electron chi connectivity index (χ3n) is 2.82. The summed E-state index contributed by atoms with van der Waals surface area (Å²) in [4.78, 5) is 46.5. The van der Waals surface area contributed by atoms with Crippen molar-refractivity contribution in [3.05, 3.63) is 0 Å². The van der Waals surface area contributed by atoms with Crippen LogP contribution in [-0.2, 0) is 28.6 Å². The Hall–Kier alpha value is -0.960. The summed E-state index contributed by atoms with van der Waals surface area (Å²) in [7, 11) is 0.981. The second kappa shape index (κ2) is 7.74. The maximum Gasteiger partial charge on any atom is 0.511 e. The normalized spacial score (nSPS) is 22.0. The highest BCUT2D eigenvalue weighted by Crippen LogP contribution is 2.34. The Morgan fingerprint density at radius 3 is 2.35 bits per heavy atom. The molecule has 23 heavy (non-hydrogen) atoms. The van der Waals surface area contributed by atoms with Gasteiger partial charge in [-0.1, -0.05) is 34.8 Å². The molecule has 0 N–H and O–H groups in total. The number of rotatable bonds is 4. The molecule has 3 unspecified atom stereocenters. The number of alkyl halides is 4. The largest absolute Gasteiger partial charge is 0.511 e.